The number of piperidine rings is 1. The Labute approximate surface area is 180 Å². The van der Waals surface area contributed by atoms with Gasteiger partial charge in [-0.05, 0) is 32.2 Å². The van der Waals surface area contributed by atoms with Crippen molar-refractivity contribution in [1.82, 2.24) is 24.9 Å². The number of phenolic OH excluding ortho intramolecular Hbond substituents is 1. The van der Waals surface area contributed by atoms with Gasteiger partial charge >= 0.3 is 0 Å². The van der Waals surface area contributed by atoms with Crippen molar-refractivity contribution in [2.24, 2.45) is 0 Å². The first-order valence-electron chi connectivity index (χ1n) is 9.83. The molecule has 7 nitrogen and oxygen atoms in total. The van der Waals surface area contributed by atoms with Gasteiger partial charge in [-0.15, -0.1) is 5.10 Å². The van der Waals surface area contributed by atoms with E-state index in [1.807, 2.05) is 13.0 Å². The second kappa shape index (κ2) is 7.20. The van der Waals surface area contributed by atoms with E-state index in [4.69, 9.17) is 4.74 Å². The molecule has 0 aliphatic carbocycles. The zero-order valence-electron chi connectivity index (χ0n) is 16.7. The van der Waals surface area contributed by atoms with Gasteiger partial charge in [-0.25, -0.2) is 17.9 Å². The van der Waals surface area contributed by atoms with E-state index < -0.39 is 30.3 Å². The van der Waals surface area contributed by atoms with Crippen molar-refractivity contribution in [2.75, 3.05) is 7.05 Å². The fourth-order valence-electron chi connectivity index (χ4n) is 4.42. The molecule has 1 aromatic carbocycles. The molecular formula is C20H20F3N5O2S. The topological polar surface area (TPSA) is 76.3 Å². The van der Waals surface area contributed by atoms with Crippen LogP contribution in [0.3, 0.4) is 0 Å². The van der Waals surface area contributed by atoms with Gasteiger partial charge in [-0.3, -0.25) is 4.90 Å². The number of fused-ring (bicyclic) bond motifs is 2. The molecule has 1 N–H and O–H groups in total. The molecule has 2 bridgehead atoms. The summed E-state index contributed by atoms with van der Waals surface area (Å²) >= 11 is 1.03. The molecule has 2 saturated heterocycles. The van der Waals surface area contributed by atoms with Crippen molar-refractivity contribution in [3.05, 3.63) is 36.2 Å². The third-order valence-electron chi connectivity index (χ3n) is 5.97. The Morgan fingerprint density at radius 1 is 1.26 bits per heavy atom. The van der Waals surface area contributed by atoms with Gasteiger partial charge in [0.1, 0.15) is 17.9 Å². The summed E-state index contributed by atoms with van der Waals surface area (Å²) in [7, 11) is 1.53. The van der Waals surface area contributed by atoms with Crippen LogP contribution >= 0.6 is 11.3 Å². The largest absolute Gasteiger partial charge is 0.507 e. The average Bonchev–Trinajstić information content (AvgIpc) is 3.37. The first-order valence-corrected chi connectivity index (χ1v) is 10.6. The van der Waals surface area contributed by atoms with Crippen LogP contribution < -0.4 is 4.74 Å². The van der Waals surface area contributed by atoms with E-state index in [2.05, 4.69) is 15.3 Å². The average molecular weight is 451 g/mol. The van der Waals surface area contributed by atoms with Gasteiger partial charge in [0.25, 0.3) is 11.1 Å². The van der Waals surface area contributed by atoms with Crippen LogP contribution in [0.15, 0.2) is 30.5 Å². The molecule has 0 saturated carbocycles. The number of nitrogens with zero attached hydrogens (tertiary/aromatic N) is 5. The second-order valence-electron chi connectivity index (χ2n) is 8.04. The summed E-state index contributed by atoms with van der Waals surface area (Å²) < 4.78 is 50.4. The van der Waals surface area contributed by atoms with Crippen LogP contribution in [0.5, 0.6) is 10.9 Å². The first-order chi connectivity index (χ1) is 14.7. The maximum absolute atomic E-state index is 14.8. The number of ether oxygens (including phenoxy) is 1. The van der Waals surface area contributed by atoms with Gasteiger partial charge in [-0.2, -0.15) is 5.10 Å². The number of hydrogen-bond acceptors (Lipinski definition) is 7. The summed E-state index contributed by atoms with van der Waals surface area (Å²) in [6, 6.07) is 4.93. The van der Waals surface area contributed by atoms with Crippen molar-refractivity contribution in [3.8, 4) is 27.2 Å². The molecule has 3 aromatic rings. The van der Waals surface area contributed by atoms with Crippen molar-refractivity contribution in [1.29, 1.82) is 0 Å². The number of aromatic nitrogens is 4. The quantitative estimate of drug-likeness (QED) is 0.653. The highest BCUT2D eigenvalue weighted by Gasteiger charge is 2.62. The molecule has 31 heavy (non-hydrogen) atoms. The summed E-state index contributed by atoms with van der Waals surface area (Å²) in [6.07, 6.45) is -1.28. The van der Waals surface area contributed by atoms with Crippen LogP contribution in [0.1, 0.15) is 18.5 Å². The maximum Gasteiger partial charge on any atom is 0.294 e. The number of rotatable bonds is 4. The van der Waals surface area contributed by atoms with E-state index in [0.717, 1.165) is 17.0 Å². The van der Waals surface area contributed by atoms with Crippen LogP contribution in [-0.4, -0.2) is 67.3 Å². The third kappa shape index (κ3) is 3.45. The number of aromatic hydroxyl groups is 1. The molecule has 4 unspecified atom stereocenters. The molecule has 4 heterocycles. The molecule has 0 amide bonds. The fraction of sp³-hybridized carbons (Fsp3) is 0.450. The SMILES string of the molecule is Cc1ccn(-c2ccc(-c3nnc(OC4CC5CC(F)(F)C(C4F)N5C)s3)c(O)c2)n1. The highest BCUT2D eigenvalue weighted by Crippen LogP contribution is 2.47. The lowest BCUT2D eigenvalue weighted by molar-refractivity contribution is -0.0897. The van der Waals surface area contributed by atoms with Gasteiger partial charge in [0.2, 0.25) is 0 Å². The Balaban J connectivity index is 1.34. The standard InChI is InChI=1S/C20H20F3N5O2S/c1-10-5-6-28(26-10)11-3-4-13(14(29)7-11)18-24-25-19(31-18)30-15-8-12-9-20(22,23)17(16(15)21)27(12)2/h3-7,12,15-17,29H,8-9H2,1-2H3. The lowest BCUT2D eigenvalue weighted by atomic mass is 9.98. The van der Waals surface area contributed by atoms with Crippen LogP contribution in [0, 0.1) is 6.92 Å². The van der Waals surface area contributed by atoms with Crippen molar-refractivity contribution in [2.45, 2.75) is 50.0 Å². The second-order valence-corrected chi connectivity index (χ2v) is 8.98. The predicted molar refractivity (Wildman–Crippen MR) is 108 cm³/mol. The smallest absolute Gasteiger partial charge is 0.294 e. The van der Waals surface area contributed by atoms with Crippen molar-refractivity contribution < 1.29 is 23.0 Å². The molecule has 2 aromatic heterocycles. The molecule has 0 radical (unpaired) electrons. The van der Waals surface area contributed by atoms with E-state index in [-0.39, 0.29) is 23.8 Å². The Hall–Kier alpha value is -2.66. The van der Waals surface area contributed by atoms with E-state index in [1.165, 1.54) is 11.9 Å². The molecular weight excluding hydrogens is 431 g/mol. The van der Waals surface area contributed by atoms with Crippen LogP contribution in [0.2, 0.25) is 0 Å². The molecule has 4 atom stereocenters. The van der Waals surface area contributed by atoms with E-state index in [1.54, 1.807) is 29.1 Å². The number of alkyl halides is 3. The first kappa shape index (κ1) is 20.3. The van der Waals surface area contributed by atoms with Gasteiger partial charge in [0.15, 0.2) is 11.2 Å². The Morgan fingerprint density at radius 3 is 2.77 bits per heavy atom. The van der Waals surface area contributed by atoms with Crippen LogP contribution in [0.4, 0.5) is 13.2 Å². The van der Waals surface area contributed by atoms with Crippen molar-refractivity contribution >= 4 is 11.3 Å². The zero-order chi connectivity index (χ0) is 21.9. The minimum atomic E-state index is -3.08. The number of halogens is 3. The molecule has 0 spiro atoms. The van der Waals surface area contributed by atoms with Gasteiger partial charge < -0.3 is 9.84 Å². The Bertz CT molecular complexity index is 1120. The predicted octanol–water partition coefficient (Wildman–Crippen LogP) is 3.60. The van der Waals surface area contributed by atoms with Crippen LogP contribution in [-0.2, 0) is 0 Å². The minimum absolute atomic E-state index is 0.0197. The van der Waals surface area contributed by atoms with Crippen LogP contribution in [0.25, 0.3) is 16.3 Å². The normalized spacial score (nSPS) is 27.5. The number of phenols is 1. The molecule has 2 fully saturated rings. The molecule has 164 valence electrons. The third-order valence-corrected chi connectivity index (χ3v) is 6.82. The highest BCUT2D eigenvalue weighted by molar-refractivity contribution is 7.16. The number of aryl methyl sites for hydroxylation is 1. The summed E-state index contributed by atoms with van der Waals surface area (Å²) in [4.78, 5) is 1.41. The monoisotopic (exact) mass is 451 g/mol. The fourth-order valence-corrected chi connectivity index (χ4v) is 5.21. The summed E-state index contributed by atoms with van der Waals surface area (Å²) in [5.74, 6) is -3.10. The van der Waals surface area contributed by atoms with E-state index in [0.29, 0.717) is 16.3 Å². The van der Waals surface area contributed by atoms with E-state index in [9.17, 15) is 18.3 Å². The molecule has 2 aliphatic heterocycles. The van der Waals surface area contributed by atoms with Crippen molar-refractivity contribution in [3.63, 3.8) is 0 Å². The van der Waals surface area contributed by atoms with E-state index >= 15 is 0 Å². The summed E-state index contributed by atoms with van der Waals surface area (Å²) in [5.41, 5.74) is 1.96. The number of benzene rings is 1. The molecule has 11 heteroatoms. The molecule has 2 aliphatic rings. The van der Waals surface area contributed by atoms with Gasteiger partial charge in [0, 0.05) is 31.1 Å². The van der Waals surface area contributed by atoms with Gasteiger partial charge in [0.05, 0.1) is 16.9 Å². The zero-order valence-corrected chi connectivity index (χ0v) is 17.6. The lowest BCUT2D eigenvalue weighted by Gasteiger charge is -2.38. The van der Waals surface area contributed by atoms with Gasteiger partial charge in [-0.1, -0.05) is 16.4 Å². The minimum Gasteiger partial charge on any atom is -0.507 e. The molecule has 5 rings (SSSR count). The maximum atomic E-state index is 14.8. The Morgan fingerprint density at radius 2 is 2.06 bits per heavy atom. The summed E-state index contributed by atoms with van der Waals surface area (Å²) in [5, 5.41) is 23.2. The Kier molecular flexibility index (Phi) is 4.70. The summed E-state index contributed by atoms with van der Waals surface area (Å²) in [6.45, 7) is 1.87. The number of hydrogen-bond donors (Lipinski definition) is 1. The lowest BCUT2D eigenvalue weighted by Crippen LogP contribution is -2.56. The highest BCUT2D eigenvalue weighted by atomic mass is 32.1.